The Morgan fingerprint density at radius 3 is 2.38 bits per heavy atom. The van der Waals surface area contributed by atoms with Crippen LogP contribution in [0.15, 0.2) is 53.2 Å². The van der Waals surface area contributed by atoms with Crippen LogP contribution in [0, 0.1) is 22.7 Å². The fourth-order valence-corrected chi connectivity index (χ4v) is 3.39. The first kappa shape index (κ1) is 23.1. The molecule has 0 saturated carbocycles. The Hall–Kier alpha value is -3.52. The number of aliphatic imine (C=N–C) groups is 1. The van der Waals surface area contributed by atoms with Gasteiger partial charge in [-0.2, -0.15) is 10.5 Å². The van der Waals surface area contributed by atoms with Crippen molar-refractivity contribution in [3.63, 3.8) is 0 Å². The predicted octanol–water partition coefficient (Wildman–Crippen LogP) is 5.00. The lowest BCUT2D eigenvalue weighted by atomic mass is 10.1. The van der Waals surface area contributed by atoms with Crippen LogP contribution < -0.4 is 9.64 Å². The maximum absolute atomic E-state index is 12.2. The lowest BCUT2D eigenvalue weighted by molar-refractivity contribution is -0.130. The van der Waals surface area contributed by atoms with E-state index in [0.717, 1.165) is 11.3 Å². The molecule has 0 N–H and O–H groups in total. The standard InChI is InChI=1S/C23H18Cl2N4O3/c24-17-5-8-21(19(25)14-17)31-15-22-28-20(23(30)32-22)13-16-3-6-18(7-4-16)29(11-1-9-26)12-2-10-27/h3-8,13-14H,1-2,11-12,15H2/b20-13+. The largest absolute Gasteiger partial charge is 0.482 e. The molecule has 0 aliphatic carbocycles. The highest BCUT2D eigenvalue weighted by Gasteiger charge is 2.23. The molecule has 0 spiro atoms. The highest BCUT2D eigenvalue weighted by Crippen LogP contribution is 2.28. The number of rotatable bonds is 9. The zero-order valence-corrected chi connectivity index (χ0v) is 18.4. The van der Waals surface area contributed by atoms with Gasteiger partial charge in [-0.15, -0.1) is 0 Å². The third-order valence-electron chi connectivity index (χ3n) is 4.46. The fraction of sp³-hybridized carbons (Fsp3) is 0.217. The number of esters is 1. The summed E-state index contributed by atoms with van der Waals surface area (Å²) in [6.07, 6.45) is 2.34. The molecule has 1 heterocycles. The Morgan fingerprint density at radius 1 is 1.06 bits per heavy atom. The summed E-state index contributed by atoms with van der Waals surface area (Å²) in [5, 5.41) is 18.5. The number of benzene rings is 2. The Bertz CT molecular complexity index is 1110. The summed E-state index contributed by atoms with van der Waals surface area (Å²) in [5.74, 6) is -0.0391. The van der Waals surface area contributed by atoms with E-state index in [4.69, 9.17) is 43.2 Å². The Kier molecular flexibility index (Phi) is 8.10. The van der Waals surface area contributed by atoms with Gasteiger partial charge in [-0.1, -0.05) is 35.3 Å². The molecular formula is C23H18Cl2N4O3. The van der Waals surface area contributed by atoms with Crippen molar-refractivity contribution in [1.29, 1.82) is 10.5 Å². The maximum Gasteiger partial charge on any atom is 0.363 e. The van der Waals surface area contributed by atoms with Gasteiger partial charge in [-0.25, -0.2) is 9.79 Å². The smallest absolute Gasteiger partial charge is 0.363 e. The number of hydrogen-bond acceptors (Lipinski definition) is 7. The van der Waals surface area contributed by atoms with Gasteiger partial charge in [0.2, 0.25) is 5.90 Å². The quantitative estimate of drug-likeness (QED) is 0.379. The molecule has 162 valence electrons. The zero-order valence-electron chi connectivity index (χ0n) is 16.9. The van der Waals surface area contributed by atoms with Gasteiger partial charge in [-0.3, -0.25) is 0 Å². The van der Waals surface area contributed by atoms with E-state index in [1.165, 1.54) is 0 Å². The minimum absolute atomic E-state index is 0.0594. The van der Waals surface area contributed by atoms with Gasteiger partial charge < -0.3 is 14.4 Å². The molecule has 32 heavy (non-hydrogen) atoms. The number of halogens is 2. The minimum atomic E-state index is -0.570. The second-order valence-electron chi connectivity index (χ2n) is 6.68. The first-order valence-corrected chi connectivity index (χ1v) is 10.4. The average Bonchev–Trinajstić information content (AvgIpc) is 3.13. The topological polar surface area (TPSA) is 98.7 Å². The van der Waals surface area contributed by atoms with Gasteiger partial charge in [0.05, 0.1) is 30.0 Å². The number of cyclic esters (lactones) is 1. The summed E-state index contributed by atoms with van der Waals surface area (Å²) in [6, 6.07) is 16.5. The molecule has 0 radical (unpaired) electrons. The normalized spacial score (nSPS) is 13.8. The van der Waals surface area contributed by atoms with E-state index in [1.54, 1.807) is 24.3 Å². The van der Waals surface area contributed by atoms with Crippen LogP contribution in [-0.4, -0.2) is 31.6 Å². The molecule has 0 saturated heterocycles. The van der Waals surface area contributed by atoms with Crippen molar-refractivity contribution in [2.24, 2.45) is 4.99 Å². The summed E-state index contributed by atoms with van der Waals surface area (Å²) in [4.78, 5) is 18.3. The first-order chi connectivity index (χ1) is 15.5. The summed E-state index contributed by atoms with van der Waals surface area (Å²) < 4.78 is 10.7. The summed E-state index contributed by atoms with van der Waals surface area (Å²) in [5.41, 5.74) is 1.81. The van der Waals surface area contributed by atoms with Crippen LogP contribution in [-0.2, 0) is 9.53 Å². The molecule has 0 amide bonds. The fourth-order valence-electron chi connectivity index (χ4n) is 2.93. The summed E-state index contributed by atoms with van der Waals surface area (Å²) in [7, 11) is 0. The number of carbonyl (C=O) groups excluding carboxylic acids is 1. The van der Waals surface area contributed by atoms with Crippen LogP contribution in [0.25, 0.3) is 6.08 Å². The number of anilines is 1. The summed E-state index contributed by atoms with van der Waals surface area (Å²) in [6.45, 7) is 1.02. The van der Waals surface area contributed by atoms with Crippen molar-refractivity contribution in [3.05, 3.63) is 63.8 Å². The number of carbonyl (C=O) groups is 1. The van der Waals surface area contributed by atoms with E-state index in [2.05, 4.69) is 17.1 Å². The molecule has 1 aliphatic rings. The molecule has 0 aromatic heterocycles. The van der Waals surface area contributed by atoms with Crippen LogP contribution >= 0.6 is 23.2 Å². The molecule has 0 fully saturated rings. The highest BCUT2D eigenvalue weighted by atomic mass is 35.5. The van der Waals surface area contributed by atoms with Crippen LogP contribution in [0.5, 0.6) is 5.75 Å². The number of nitrogens with zero attached hydrogens (tertiary/aromatic N) is 4. The van der Waals surface area contributed by atoms with Crippen LogP contribution in [0.1, 0.15) is 18.4 Å². The van der Waals surface area contributed by atoms with Crippen LogP contribution in [0.3, 0.4) is 0 Å². The Balaban J connectivity index is 1.67. The van der Waals surface area contributed by atoms with Crippen molar-refractivity contribution in [2.45, 2.75) is 12.8 Å². The zero-order chi connectivity index (χ0) is 22.9. The lowest BCUT2D eigenvalue weighted by Gasteiger charge is -2.22. The van der Waals surface area contributed by atoms with Crippen LogP contribution in [0.4, 0.5) is 5.69 Å². The Morgan fingerprint density at radius 2 is 1.75 bits per heavy atom. The molecule has 1 aliphatic heterocycles. The minimum Gasteiger partial charge on any atom is -0.482 e. The van der Waals surface area contributed by atoms with E-state index in [9.17, 15) is 4.79 Å². The van der Waals surface area contributed by atoms with Crippen molar-refractivity contribution in [1.82, 2.24) is 0 Å². The van der Waals surface area contributed by atoms with E-state index >= 15 is 0 Å². The molecule has 0 atom stereocenters. The number of hydrogen-bond donors (Lipinski definition) is 0. The SMILES string of the molecule is N#CCCN(CCC#N)c1ccc(/C=C2/N=C(COc3ccc(Cl)cc3Cl)OC2=O)cc1. The average molecular weight is 469 g/mol. The molecule has 7 nitrogen and oxygen atoms in total. The third-order valence-corrected chi connectivity index (χ3v) is 4.99. The van der Waals surface area contributed by atoms with Gasteiger partial charge in [-0.05, 0) is 42.0 Å². The van der Waals surface area contributed by atoms with Crippen molar-refractivity contribution in [3.8, 4) is 17.9 Å². The van der Waals surface area contributed by atoms with Crippen molar-refractivity contribution in [2.75, 3.05) is 24.6 Å². The monoisotopic (exact) mass is 468 g/mol. The second-order valence-corrected chi connectivity index (χ2v) is 7.53. The van der Waals surface area contributed by atoms with Gasteiger partial charge in [0.1, 0.15) is 5.75 Å². The second kappa shape index (κ2) is 11.2. The maximum atomic E-state index is 12.2. The predicted molar refractivity (Wildman–Crippen MR) is 123 cm³/mol. The lowest BCUT2D eigenvalue weighted by Crippen LogP contribution is -2.25. The number of nitriles is 2. The first-order valence-electron chi connectivity index (χ1n) is 9.68. The molecule has 9 heteroatoms. The van der Waals surface area contributed by atoms with Crippen molar-refractivity contribution >= 4 is 46.8 Å². The van der Waals surface area contributed by atoms with E-state index in [-0.39, 0.29) is 18.2 Å². The number of ether oxygens (including phenoxy) is 2. The third kappa shape index (κ3) is 6.24. The van der Waals surface area contributed by atoms with Gasteiger partial charge in [0, 0.05) is 23.8 Å². The highest BCUT2D eigenvalue weighted by molar-refractivity contribution is 6.35. The Labute approximate surface area is 195 Å². The molecule has 2 aromatic rings. The van der Waals surface area contributed by atoms with Gasteiger partial charge in [0.15, 0.2) is 12.3 Å². The van der Waals surface area contributed by atoms with Crippen LogP contribution in [0.2, 0.25) is 10.0 Å². The summed E-state index contributed by atoms with van der Waals surface area (Å²) >= 11 is 11.9. The molecule has 2 aromatic carbocycles. The molecule has 0 unspecified atom stereocenters. The van der Waals surface area contributed by atoms with Crippen molar-refractivity contribution < 1.29 is 14.3 Å². The molecular weight excluding hydrogens is 451 g/mol. The van der Waals surface area contributed by atoms with Gasteiger partial charge in [0.25, 0.3) is 0 Å². The van der Waals surface area contributed by atoms with E-state index in [1.807, 2.05) is 29.2 Å². The van der Waals surface area contributed by atoms with Gasteiger partial charge >= 0.3 is 5.97 Å². The molecule has 3 rings (SSSR count). The van der Waals surface area contributed by atoms with E-state index < -0.39 is 5.97 Å². The molecule has 0 bridgehead atoms. The van der Waals surface area contributed by atoms with E-state index in [0.29, 0.717) is 41.7 Å².